The van der Waals surface area contributed by atoms with Gasteiger partial charge in [-0.25, -0.2) is 0 Å². The molecule has 0 spiro atoms. The van der Waals surface area contributed by atoms with Gasteiger partial charge in [-0.2, -0.15) is 0 Å². The number of carbonyl (C=O) groups excluding carboxylic acids is 2. The maximum absolute atomic E-state index is 12.6. The minimum atomic E-state index is -0.427. The van der Waals surface area contributed by atoms with Gasteiger partial charge in [0.15, 0.2) is 0 Å². The maximum atomic E-state index is 12.6. The highest BCUT2D eigenvalue weighted by atomic mass is 16.5. The van der Waals surface area contributed by atoms with Gasteiger partial charge in [0, 0.05) is 25.3 Å². The summed E-state index contributed by atoms with van der Waals surface area (Å²) in [6.07, 6.45) is 0.937. The molecular weight excluding hydrogens is 292 g/mol. The van der Waals surface area contributed by atoms with E-state index in [0.29, 0.717) is 32.6 Å². The summed E-state index contributed by atoms with van der Waals surface area (Å²) in [7, 11) is 0. The Bertz CT molecular complexity index is 575. The van der Waals surface area contributed by atoms with Crippen molar-refractivity contribution in [3.8, 4) is 0 Å². The highest BCUT2D eigenvalue weighted by Crippen LogP contribution is 2.30. The van der Waals surface area contributed by atoms with Gasteiger partial charge in [0.2, 0.25) is 11.8 Å². The van der Waals surface area contributed by atoms with Crippen molar-refractivity contribution in [2.45, 2.75) is 46.6 Å². The third-order valence-corrected chi connectivity index (χ3v) is 4.12. The Morgan fingerprint density at radius 1 is 1.30 bits per heavy atom. The van der Waals surface area contributed by atoms with E-state index in [1.54, 1.807) is 4.90 Å². The van der Waals surface area contributed by atoms with Crippen molar-refractivity contribution >= 4 is 17.5 Å². The molecule has 0 unspecified atom stereocenters. The van der Waals surface area contributed by atoms with Crippen molar-refractivity contribution in [3.63, 3.8) is 0 Å². The zero-order valence-electron chi connectivity index (χ0n) is 14.4. The summed E-state index contributed by atoms with van der Waals surface area (Å²) >= 11 is 0. The van der Waals surface area contributed by atoms with Gasteiger partial charge in [-0.15, -0.1) is 0 Å². The number of aryl methyl sites for hydroxylation is 3. The molecule has 0 aliphatic carbocycles. The fourth-order valence-corrected chi connectivity index (χ4v) is 3.21. The smallest absolute Gasteiger partial charge is 0.249 e. The monoisotopic (exact) mass is 318 g/mol. The number of rotatable bonds is 6. The molecule has 1 atom stereocenters. The van der Waals surface area contributed by atoms with Crippen LogP contribution in [0, 0.1) is 20.8 Å². The van der Waals surface area contributed by atoms with Crippen LogP contribution in [0.2, 0.25) is 0 Å². The number of hydrogen-bond donors (Lipinski definition) is 1. The predicted octanol–water partition coefficient (Wildman–Crippen LogP) is 2.26. The molecule has 1 aromatic carbocycles. The van der Waals surface area contributed by atoms with E-state index in [9.17, 15) is 9.59 Å². The highest BCUT2D eigenvalue weighted by molar-refractivity contribution is 6.02. The second-order valence-electron chi connectivity index (χ2n) is 6.09. The lowest BCUT2D eigenvalue weighted by atomic mass is 10.0. The Kier molecular flexibility index (Phi) is 5.77. The fraction of sp³-hybridized carbons (Fsp3) is 0.556. The Morgan fingerprint density at radius 2 is 1.96 bits per heavy atom. The van der Waals surface area contributed by atoms with E-state index < -0.39 is 6.04 Å². The van der Waals surface area contributed by atoms with Crippen molar-refractivity contribution in [2.24, 2.45) is 0 Å². The summed E-state index contributed by atoms with van der Waals surface area (Å²) in [5, 5.41) is 2.83. The van der Waals surface area contributed by atoms with Crippen LogP contribution in [0.5, 0.6) is 0 Å². The zero-order valence-corrected chi connectivity index (χ0v) is 14.4. The summed E-state index contributed by atoms with van der Waals surface area (Å²) in [5.74, 6) is -0.152. The minimum Gasteiger partial charge on any atom is -0.381 e. The molecule has 5 heteroatoms. The van der Waals surface area contributed by atoms with Gasteiger partial charge in [0.05, 0.1) is 6.61 Å². The number of carbonyl (C=O) groups is 2. The number of ether oxygens (including phenoxy) is 1. The summed E-state index contributed by atoms with van der Waals surface area (Å²) in [6, 6.07) is 3.75. The van der Waals surface area contributed by atoms with Gasteiger partial charge in [-0.3, -0.25) is 9.59 Å². The molecule has 1 aliphatic heterocycles. The van der Waals surface area contributed by atoms with Crippen molar-refractivity contribution in [2.75, 3.05) is 24.7 Å². The topological polar surface area (TPSA) is 58.6 Å². The molecule has 1 aliphatic rings. The van der Waals surface area contributed by atoms with E-state index in [1.165, 1.54) is 5.56 Å². The summed E-state index contributed by atoms with van der Waals surface area (Å²) in [4.78, 5) is 26.3. The maximum Gasteiger partial charge on any atom is 0.249 e. The van der Waals surface area contributed by atoms with Crippen molar-refractivity contribution in [1.82, 2.24) is 5.32 Å². The number of hydrogen-bond acceptors (Lipinski definition) is 3. The summed E-state index contributed by atoms with van der Waals surface area (Å²) < 4.78 is 5.17. The quantitative estimate of drug-likeness (QED) is 0.819. The first-order valence-corrected chi connectivity index (χ1v) is 8.20. The van der Waals surface area contributed by atoms with Crippen LogP contribution >= 0.6 is 0 Å². The van der Waals surface area contributed by atoms with Crippen LogP contribution in [-0.2, 0) is 14.3 Å². The lowest BCUT2D eigenvalue weighted by Crippen LogP contribution is -2.42. The van der Waals surface area contributed by atoms with Crippen LogP contribution in [0.3, 0.4) is 0 Å². The first kappa shape index (κ1) is 17.5. The first-order valence-electron chi connectivity index (χ1n) is 8.20. The summed E-state index contributed by atoms with van der Waals surface area (Å²) in [5.41, 5.74) is 4.36. The van der Waals surface area contributed by atoms with Gasteiger partial charge in [-0.1, -0.05) is 17.7 Å². The molecule has 1 heterocycles. The van der Waals surface area contributed by atoms with Crippen molar-refractivity contribution in [1.29, 1.82) is 0 Å². The number of benzene rings is 1. The van der Waals surface area contributed by atoms with E-state index in [4.69, 9.17) is 4.74 Å². The van der Waals surface area contributed by atoms with Crippen LogP contribution in [-0.4, -0.2) is 37.6 Å². The highest BCUT2D eigenvalue weighted by Gasteiger charge is 2.34. The predicted molar refractivity (Wildman–Crippen MR) is 90.7 cm³/mol. The summed E-state index contributed by atoms with van der Waals surface area (Å²) in [6.45, 7) is 9.62. The zero-order chi connectivity index (χ0) is 17.0. The SMILES string of the molecule is CCOCCC(=O)N[C@@H]1CCN(c2c(C)cc(C)cc2C)C1=O. The molecule has 5 nitrogen and oxygen atoms in total. The minimum absolute atomic E-state index is 0.0233. The Hall–Kier alpha value is -1.88. The van der Waals surface area contributed by atoms with Gasteiger partial charge < -0.3 is 15.0 Å². The van der Waals surface area contributed by atoms with Gasteiger partial charge >= 0.3 is 0 Å². The van der Waals surface area contributed by atoms with E-state index in [-0.39, 0.29) is 11.8 Å². The van der Waals surface area contributed by atoms with Crippen LogP contribution in [0.1, 0.15) is 36.5 Å². The Labute approximate surface area is 138 Å². The number of anilines is 1. The van der Waals surface area contributed by atoms with E-state index in [1.807, 2.05) is 20.8 Å². The third-order valence-electron chi connectivity index (χ3n) is 4.12. The van der Waals surface area contributed by atoms with Gasteiger partial charge in [0.25, 0.3) is 0 Å². The van der Waals surface area contributed by atoms with E-state index in [2.05, 4.69) is 24.4 Å². The Balaban J connectivity index is 2.03. The number of amides is 2. The molecule has 0 saturated carbocycles. The molecule has 1 aromatic rings. The number of nitrogens with one attached hydrogen (secondary N) is 1. The Morgan fingerprint density at radius 3 is 2.57 bits per heavy atom. The molecule has 2 amide bonds. The molecule has 126 valence electrons. The van der Waals surface area contributed by atoms with Crippen LogP contribution in [0.25, 0.3) is 0 Å². The average molecular weight is 318 g/mol. The van der Waals surface area contributed by atoms with Gasteiger partial charge in [-0.05, 0) is 45.2 Å². The fourth-order valence-electron chi connectivity index (χ4n) is 3.21. The molecule has 1 fully saturated rings. The molecule has 0 bridgehead atoms. The van der Waals surface area contributed by atoms with Gasteiger partial charge in [0.1, 0.15) is 6.04 Å². The van der Waals surface area contributed by atoms with Crippen molar-refractivity contribution in [3.05, 3.63) is 28.8 Å². The molecule has 0 radical (unpaired) electrons. The van der Waals surface area contributed by atoms with Crippen LogP contribution in [0.4, 0.5) is 5.69 Å². The van der Waals surface area contributed by atoms with Crippen LogP contribution < -0.4 is 10.2 Å². The molecular formula is C18H26N2O3. The van der Waals surface area contributed by atoms with Crippen LogP contribution in [0.15, 0.2) is 12.1 Å². The molecule has 1 saturated heterocycles. The molecule has 23 heavy (non-hydrogen) atoms. The standard InChI is InChI=1S/C18H26N2O3/c1-5-23-9-7-16(21)19-15-6-8-20(18(15)22)17-13(3)10-12(2)11-14(17)4/h10-11,15H,5-9H2,1-4H3,(H,19,21)/t15-/m1/s1. The van der Waals surface area contributed by atoms with E-state index >= 15 is 0 Å². The van der Waals surface area contributed by atoms with Crippen molar-refractivity contribution < 1.29 is 14.3 Å². The second-order valence-corrected chi connectivity index (χ2v) is 6.09. The second kappa shape index (κ2) is 7.59. The largest absolute Gasteiger partial charge is 0.381 e. The third kappa shape index (κ3) is 4.10. The average Bonchev–Trinajstić information content (AvgIpc) is 2.80. The lowest BCUT2D eigenvalue weighted by molar-refractivity contribution is -0.127. The lowest BCUT2D eigenvalue weighted by Gasteiger charge is -2.22. The molecule has 0 aromatic heterocycles. The number of nitrogens with zero attached hydrogens (tertiary/aromatic N) is 1. The van der Waals surface area contributed by atoms with E-state index in [0.717, 1.165) is 16.8 Å². The normalized spacial score (nSPS) is 17.7. The molecule has 1 N–H and O–H groups in total. The first-order chi connectivity index (χ1) is 10.9. The molecule has 2 rings (SSSR count).